The van der Waals surface area contributed by atoms with Crippen molar-refractivity contribution in [3.05, 3.63) is 30.0 Å². The van der Waals surface area contributed by atoms with Crippen LogP contribution in [0.3, 0.4) is 0 Å². The number of nitrogens with two attached hydrogens (primary N) is 1. The molecule has 3 heteroatoms. The Morgan fingerprint density at radius 1 is 1.47 bits per heavy atom. The summed E-state index contributed by atoms with van der Waals surface area (Å²) in [5.74, 6) is 0.867. The zero-order valence-electron chi connectivity index (χ0n) is 9.08. The van der Waals surface area contributed by atoms with E-state index in [1.54, 1.807) is 7.11 Å². The third kappa shape index (κ3) is 1.70. The van der Waals surface area contributed by atoms with Crippen LogP contribution in [0, 0.1) is 0 Å². The molecule has 1 heterocycles. The Labute approximate surface area is 89.2 Å². The molecule has 0 saturated carbocycles. The van der Waals surface area contributed by atoms with Gasteiger partial charge in [0.25, 0.3) is 0 Å². The van der Waals surface area contributed by atoms with E-state index < -0.39 is 0 Å². The number of aromatic amines is 1. The Morgan fingerprint density at radius 3 is 2.93 bits per heavy atom. The average molecular weight is 204 g/mol. The second kappa shape index (κ2) is 3.95. The van der Waals surface area contributed by atoms with Gasteiger partial charge < -0.3 is 15.5 Å². The van der Waals surface area contributed by atoms with E-state index in [1.807, 2.05) is 24.4 Å². The van der Waals surface area contributed by atoms with Gasteiger partial charge in [-0.1, -0.05) is 6.92 Å². The monoisotopic (exact) mass is 204 g/mol. The van der Waals surface area contributed by atoms with Gasteiger partial charge in [0, 0.05) is 23.1 Å². The van der Waals surface area contributed by atoms with Crippen molar-refractivity contribution in [2.75, 3.05) is 7.11 Å². The van der Waals surface area contributed by atoms with Gasteiger partial charge in [-0.05, 0) is 30.2 Å². The molecule has 0 radical (unpaired) electrons. The molecule has 0 bridgehead atoms. The van der Waals surface area contributed by atoms with Crippen LogP contribution in [-0.2, 0) is 0 Å². The number of hydrogen-bond donors (Lipinski definition) is 2. The third-order valence-electron chi connectivity index (χ3n) is 2.76. The van der Waals surface area contributed by atoms with Crippen molar-refractivity contribution < 1.29 is 4.74 Å². The molecule has 0 aliphatic carbocycles. The van der Waals surface area contributed by atoms with E-state index in [0.29, 0.717) is 0 Å². The molecule has 1 aromatic carbocycles. The van der Waals surface area contributed by atoms with Crippen molar-refractivity contribution in [1.29, 1.82) is 0 Å². The molecule has 0 amide bonds. The second-order valence-electron chi connectivity index (χ2n) is 3.67. The van der Waals surface area contributed by atoms with Crippen molar-refractivity contribution in [1.82, 2.24) is 4.98 Å². The van der Waals surface area contributed by atoms with Crippen LogP contribution in [0.15, 0.2) is 24.4 Å². The van der Waals surface area contributed by atoms with E-state index >= 15 is 0 Å². The Morgan fingerprint density at radius 2 is 2.27 bits per heavy atom. The summed E-state index contributed by atoms with van der Waals surface area (Å²) in [5.41, 5.74) is 8.30. The topological polar surface area (TPSA) is 51.0 Å². The van der Waals surface area contributed by atoms with Crippen LogP contribution >= 0.6 is 0 Å². The lowest BCUT2D eigenvalue weighted by atomic mass is 10.0. The van der Waals surface area contributed by atoms with Crippen molar-refractivity contribution >= 4 is 10.9 Å². The Balaban J connectivity index is 2.56. The van der Waals surface area contributed by atoms with Crippen LogP contribution in [0.25, 0.3) is 10.9 Å². The van der Waals surface area contributed by atoms with Crippen LogP contribution in [0.1, 0.15) is 24.9 Å². The van der Waals surface area contributed by atoms with Gasteiger partial charge in [-0.25, -0.2) is 0 Å². The van der Waals surface area contributed by atoms with Crippen LogP contribution in [0.5, 0.6) is 5.75 Å². The molecule has 3 N–H and O–H groups in total. The summed E-state index contributed by atoms with van der Waals surface area (Å²) < 4.78 is 5.21. The summed E-state index contributed by atoms with van der Waals surface area (Å²) in [6.45, 7) is 2.09. The lowest BCUT2D eigenvalue weighted by Crippen LogP contribution is -2.07. The van der Waals surface area contributed by atoms with Crippen molar-refractivity contribution in [2.24, 2.45) is 5.73 Å². The predicted octanol–water partition coefficient (Wildman–Crippen LogP) is 2.59. The number of H-pyrrole nitrogens is 1. The lowest BCUT2D eigenvalue weighted by Gasteiger charge is -2.07. The number of hydrogen-bond acceptors (Lipinski definition) is 2. The molecule has 80 valence electrons. The van der Waals surface area contributed by atoms with Gasteiger partial charge in [-0.2, -0.15) is 0 Å². The summed E-state index contributed by atoms with van der Waals surface area (Å²) in [5, 5.41) is 1.16. The molecular weight excluding hydrogens is 188 g/mol. The molecule has 2 rings (SSSR count). The SMILES string of the molecule is CCC(N)c1c[nH]c2ccc(OC)cc12. The molecule has 1 atom stereocenters. The molecular formula is C12H16N2O. The highest BCUT2D eigenvalue weighted by atomic mass is 16.5. The van der Waals surface area contributed by atoms with Crippen LogP contribution < -0.4 is 10.5 Å². The first kappa shape index (κ1) is 10.1. The standard InChI is InChI=1S/C12H16N2O/c1-3-11(13)10-7-14-12-5-4-8(15-2)6-9(10)12/h4-7,11,14H,3,13H2,1-2H3. The number of aromatic nitrogens is 1. The van der Waals surface area contributed by atoms with E-state index in [2.05, 4.69) is 11.9 Å². The van der Waals surface area contributed by atoms with Crippen molar-refractivity contribution in [2.45, 2.75) is 19.4 Å². The second-order valence-corrected chi connectivity index (χ2v) is 3.67. The molecule has 0 saturated heterocycles. The molecule has 15 heavy (non-hydrogen) atoms. The number of ether oxygens (including phenoxy) is 1. The quantitative estimate of drug-likeness (QED) is 0.807. The van der Waals surface area contributed by atoms with Crippen molar-refractivity contribution in [3.8, 4) is 5.75 Å². The highest BCUT2D eigenvalue weighted by Crippen LogP contribution is 2.27. The van der Waals surface area contributed by atoms with E-state index in [4.69, 9.17) is 10.5 Å². The maximum Gasteiger partial charge on any atom is 0.119 e. The Hall–Kier alpha value is -1.48. The Bertz CT molecular complexity index is 462. The summed E-state index contributed by atoms with van der Waals surface area (Å²) in [6, 6.07) is 6.07. The highest BCUT2D eigenvalue weighted by Gasteiger charge is 2.10. The first-order valence-electron chi connectivity index (χ1n) is 5.17. The molecule has 2 aromatic rings. The molecule has 0 aliphatic rings. The zero-order chi connectivity index (χ0) is 10.8. The summed E-state index contributed by atoms with van der Waals surface area (Å²) in [4.78, 5) is 3.22. The minimum absolute atomic E-state index is 0.0888. The first-order chi connectivity index (χ1) is 7.26. The van der Waals surface area contributed by atoms with Gasteiger partial charge in [0.1, 0.15) is 5.75 Å². The number of benzene rings is 1. The van der Waals surface area contributed by atoms with E-state index in [-0.39, 0.29) is 6.04 Å². The highest BCUT2D eigenvalue weighted by molar-refractivity contribution is 5.85. The largest absolute Gasteiger partial charge is 0.497 e. The average Bonchev–Trinajstić information content (AvgIpc) is 2.70. The van der Waals surface area contributed by atoms with Gasteiger partial charge in [-0.15, -0.1) is 0 Å². The molecule has 0 aliphatic heterocycles. The number of methoxy groups -OCH3 is 1. The van der Waals surface area contributed by atoms with Gasteiger partial charge in [0.05, 0.1) is 7.11 Å². The number of fused-ring (bicyclic) bond motifs is 1. The minimum atomic E-state index is 0.0888. The molecule has 1 aromatic heterocycles. The lowest BCUT2D eigenvalue weighted by molar-refractivity contribution is 0.415. The zero-order valence-corrected chi connectivity index (χ0v) is 9.08. The van der Waals surface area contributed by atoms with E-state index in [1.165, 1.54) is 0 Å². The van der Waals surface area contributed by atoms with Gasteiger partial charge >= 0.3 is 0 Å². The normalized spacial score (nSPS) is 13.0. The molecule has 0 fully saturated rings. The summed E-state index contributed by atoms with van der Waals surface area (Å²) >= 11 is 0. The van der Waals surface area contributed by atoms with E-state index in [9.17, 15) is 0 Å². The number of nitrogens with one attached hydrogen (secondary N) is 1. The number of rotatable bonds is 3. The van der Waals surface area contributed by atoms with E-state index in [0.717, 1.165) is 28.6 Å². The van der Waals surface area contributed by atoms with Crippen molar-refractivity contribution in [3.63, 3.8) is 0 Å². The Kier molecular flexibility index (Phi) is 2.64. The third-order valence-corrected chi connectivity index (χ3v) is 2.76. The predicted molar refractivity (Wildman–Crippen MR) is 62.1 cm³/mol. The van der Waals surface area contributed by atoms with Crippen LogP contribution in [0.4, 0.5) is 0 Å². The van der Waals surface area contributed by atoms with Crippen LogP contribution in [-0.4, -0.2) is 12.1 Å². The minimum Gasteiger partial charge on any atom is -0.497 e. The maximum atomic E-state index is 6.04. The fourth-order valence-electron chi connectivity index (χ4n) is 1.77. The smallest absolute Gasteiger partial charge is 0.119 e. The summed E-state index contributed by atoms with van der Waals surface area (Å²) in [6.07, 6.45) is 2.92. The molecule has 3 nitrogen and oxygen atoms in total. The van der Waals surface area contributed by atoms with Crippen LogP contribution in [0.2, 0.25) is 0 Å². The molecule has 0 spiro atoms. The maximum absolute atomic E-state index is 6.04. The fraction of sp³-hybridized carbons (Fsp3) is 0.333. The fourth-order valence-corrected chi connectivity index (χ4v) is 1.77. The van der Waals surface area contributed by atoms with Gasteiger partial charge in [0.2, 0.25) is 0 Å². The molecule has 1 unspecified atom stereocenters. The van der Waals surface area contributed by atoms with Gasteiger partial charge in [0.15, 0.2) is 0 Å². The summed E-state index contributed by atoms with van der Waals surface area (Å²) in [7, 11) is 1.67. The van der Waals surface area contributed by atoms with Gasteiger partial charge in [-0.3, -0.25) is 0 Å². The first-order valence-corrected chi connectivity index (χ1v) is 5.17.